The molecule has 794 valence electrons. The lowest BCUT2D eigenvalue weighted by Gasteiger charge is -2.43. The molecule has 33 nitrogen and oxygen atoms in total. The van der Waals surface area contributed by atoms with Crippen molar-refractivity contribution in [1.82, 2.24) is 98.6 Å². The number of nitrogens with two attached hydrogens (primary N) is 1. The fraction of sp³-hybridized carbons (Fsp3) is 0.557. The number of aryl methyl sites for hydroxylation is 4. The number of piperidine rings is 4. The van der Waals surface area contributed by atoms with Crippen molar-refractivity contribution in [2.75, 3.05) is 97.3 Å². The molecule has 148 heavy (non-hydrogen) atoms. The monoisotopic (exact) mass is 2200 g/mol. The highest BCUT2D eigenvalue weighted by molar-refractivity contribution is 7.89. The van der Waals surface area contributed by atoms with Crippen LogP contribution in [0.25, 0.3) is 44.7 Å². The average molecular weight is 2200 g/mol. The third-order valence-corrected chi connectivity index (χ3v) is 35.0. The van der Waals surface area contributed by atoms with Crippen LogP contribution in [0.5, 0.6) is 0 Å². The molecule has 8 aliphatic rings. The fourth-order valence-electron chi connectivity index (χ4n) is 24.3. The van der Waals surface area contributed by atoms with Gasteiger partial charge < -0.3 is 34.9 Å². The van der Waals surface area contributed by atoms with E-state index in [4.69, 9.17) is 174 Å². The molecular formula is C106H135Cl8N25O8S. The van der Waals surface area contributed by atoms with Gasteiger partial charge in [0.25, 0.3) is 0 Å². The number of rotatable bonds is 28. The van der Waals surface area contributed by atoms with E-state index in [2.05, 4.69) is 80.7 Å². The summed E-state index contributed by atoms with van der Waals surface area (Å²) in [6.07, 6.45) is 26.1. The number of halogens is 8. The van der Waals surface area contributed by atoms with E-state index in [1.807, 2.05) is 127 Å². The van der Waals surface area contributed by atoms with Crippen LogP contribution in [0.2, 0.25) is 40.2 Å². The summed E-state index contributed by atoms with van der Waals surface area (Å²) in [5.74, 6) is 2.19. The number of carbonyl (C=O) groups is 3. The number of fused-ring (bicyclic) bond motifs is 4. The normalized spacial score (nSPS) is 22.9. The molecule has 14 atom stereocenters. The molecule has 0 aliphatic carbocycles. The number of hydrogen-bond acceptors (Lipinski definition) is 25. The molecule has 8 aromatic heterocycles. The van der Waals surface area contributed by atoms with Crippen LogP contribution >= 0.6 is 92.8 Å². The van der Waals surface area contributed by atoms with Gasteiger partial charge in [-0.2, -0.15) is 20.4 Å². The Kier molecular flexibility index (Phi) is 35.6. The summed E-state index contributed by atoms with van der Waals surface area (Å²) < 4.78 is 30.7. The molecule has 0 amide bonds. The van der Waals surface area contributed by atoms with Gasteiger partial charge in [0, 0.05) is 160 Å². The minimum Gasteiger partial charge on any atom is -0.481 e. The van der Waals surface area contributed by atoms with Gasteiger partial charge in [0.15, 0.2) is 22.6 Å². The van der Waals surface area contributed by atoms with Crippen LogP contribution in [0.1, 0.15) is 253 Å². The van der Waals surface area contributed by atoms with E-state index in [1.165, 1.54) is 0 Å². The van der Waals surface area contributed by atoms with Crippen molar-refractivity contribution in [2.45, 2.75) is 290 Å². The number of carboxylic acid groups (broad SMARTS) is 3. The van der Waals surface area contributed by atoms with Crippen LogP contribution in [-0.2, 0) is 24.4 Å². The fourth-order valence-corrected chi connectivity index (χ4v) is 27.2. The minimum absolute atomic E-state index is 0.0454. The van der Waals surface area contributed by atoms with E-state index in [1.54, 1.807) is 24.3 Å². The van der Waals surface area contributed by atoms with Gasteiger partial charge >= 0.3 is 17.9 Å². The van der Waals surface area contributed by atoms with E-state index in [0.29, 0.717) is 107 Å². The maximum atomic E-state index is 11.5. The Bertz CT molecular complexity index is 6890. The Labute approximate surface area is 905 Å². The van der Waals surface area contributed by atoms with Crippen molar-refractivity contribution in [3.8, 4) is 0 Å². The Morgan fingerprint density at radius 1 is 0.378 bits per heavy atom. The molecule has 8 fully saturated rings. The number of aromatic nitrogens is 16. The standard InChI is InChI=1S/2C27H34Cl2N6O2.C26H35Cl2N7O2S.C26H32Cl2N6O2/c1-16-15-33(12-10-23(16)34-11-4-5-20(34)7-9-25(36)37)24-14-30-26-17(2)32-35(27(26)31-24)18(3)21-8-6-19(28)13-22(21)29;1-16-13-21(34-11-4-5-20(34)7-9-25(36)37)10-12-33(16)24-15-30-26-17(2)32-35(27(26)31-24)18(3)22-8-6-19(28)14-23(22)29;1-16-15-33(11-8-23(16)34-10-4-5-20(34)9-12-38(29,36)37)24-14-30-25-17(2)32-35(26(25)31-24)18(3)21-7-6-19(27)13-22(21)28;1-16-25-26(34(31-16)17(2)21-7-5-18(27)14-22(21)28)30-23(15-29-25)32-12-9-20(10-13-32)33-11-3-4-19(33)6-8-24(35)36/h6,8,13-14,16,18,20,23H,4-5,7,9-12,15H2,1-3H3,(H,36,37);6,8,14-16,18,20-21H,4-5,7,9-13H2,1-3H3,(H,36,37);6-7,13-14,16,18,20,23H,4-5,8-12,15H2,1-3H3,(H2,29,36,37);5,7,14-15,17,19-20H,3-4,6,8-13H2,1-2H3,(H,35,36). The number of benzene rings is 4. The van der Waals surface area contributed by atoms with Crippen molar-refractivity contribution >= 4 is 189 Å². The summed E-state index contributed by atoms with van der Waals surface area (Å²) in [4.78, 5) is 92.0. The van der Waals surface area contributed by atoms with Gasteiger partial charge in [-0.05, 0) is 287 Å². The number of likely N-dealkylation sites (tertiary alicyclic amines) is 4. The third-order valence-electron chi connectivity index (χ3n) is 31.9. The lowest BCUT2D eigenvalue weighted by atomic mass is 9.91. The zero-order valence-corrected chi connectivity index (χ0v) is 92.7. The molecule has 0 saturated carbocycles. The second kappa shape index (κ2) is 48.0. The first-order valence-electron chi connectivity index (χ1n) is 52.2. The number of sulfonamides is 1. The number of primary sulfonamides is 1. The van der Waals surface area contributed by atoms with Crippen molar-refractivity contribution in [1.29, 1.82) is 0 Å². The number of nitrogens with zero attached hydrogens (tertiary/aromatic N) is 24. The predicted octanol–water partition coefficient (Wildman–Crippen LogP) is 21.1. The molecule has 42 heteroatoms. The molecule has 4 aromatic carbocycles. The zero-order valence-electron chi connectivity index (χ0n) is 85.9. The van der Waals surface area contributed by atoms with Gasteiger partial charge in [-0.15, -0.1) is 0 Å². The summed E-state index contributed by atoms with van der Waals surface area (Å²) in [7, 11) is -3.44. The van der Waals surface area contributed by atoms with Crippen LogP contribution in [-0.4, -0.2) is 272 Å². The van der Waals surface area contributed by atoms with E-state index in [0.717, 1.165) is 294 Å². The molecule has 0 bridgehead atoms. The van der Waals surface area contributed by atoms with Crippen molar-refractivity contribution < 1.29 is 38.1 Å². The number of carboxylic acids is 3. The van der Waals surface area contributed by atoms with Crippen molar-refractivity contribution in [2.24, 2.45) is 17.0 Å². The van der Waals surface area contributed by atoms with Crippen molar-refractivity contribution in [3.05, 3.63) is 183 Å². The van der Waals surface area contributed by atoms with Crippen LogP contribution in [0.4, 0.5) is 23.3 Å². The van der Waals surface area contributed by atoms with Gasteiger partial charge in [-0.25, -0.2) is 72.2 Å². The summed E-state index contributed by atoms with van der Waals surface area (Å²) in [5.41, 5.74) is 13.2. The third kappa shape index (κ3) is 25.1. The van der Waals surface area contributed by atoms with Gasteiger partial charge in [-0.1, -0.05) is 131 Å². The van der Waals surface area contributed by atoms with Crippen molar-refractivity contribution in [3.63, 3.8) is 0 Å². The highest BCUT2D eigenvalue weighted by atomic mass is 35.5. The number of anilines is 4. The highest BCUT2D eigenvalue weighted by Crippen LogP contribution is 2.43. The van der Waals surface area contributed by atoms with Crippen LogP contribution in [0.15, 0.2) is 97.6 Å². The predicted molar refractivity (Wildman–Crippen MR) is 588 cm³/mol. The van der Waals surface area contributed by atoms with Gasteiger partial charge in [-0.3, -0.25) is 34.0 Å². The largest absolute Gasteiger partial charge is 0.481 e. The summed E-state index contributed by atoms with van der Waals surface area (Å²) >= 11 is 50.5. The van der Waals surface area contributed by atoms with Crippen LogP contribution in [0.3, 0.4) is 0 Å². The Morgan fingerprint density at radius 2 is 0.669 bits per heavy atom. The second-order valence-corrected chi connectivity index (χ2v) is 46.8. The van der Waals surface area contributed by atoms with E-state index in [-0.39, 0.29) is 55.2 Å². The van der Waals surface area contributed by atoms with Crippen LogP contribution < -0.4 is 24.7 Å². The Morgan fingerprint density at radius 3 is 0.986 bits per heavy atom. The highest BCUT2D eigenvalue weighted by Gasteiger charge is 2.43. The minimum atomic E-state index is -3.44. The molecule has 16 heterocycles. The quantitative estimate of drug-likeness (QED) is 0.0354. The summed E-state index contributed by atoms with van der Waals surface area (Å²) in [6, 6.07) is 25.1. The molecule has 0 radical (unpaired) electrons. The van der Waals surface area contributed by atoms with Gasteiger partial charge in [0.1, 0.15) is 45.3 Å². The van der Waals surface area contributed by atoms with E-state index in [9.17, 15) is 22.8 Å². The van der Waals surface area contributed by atoms with E-state index >= 15 is 0 Å². The molecule has 20 rings (SSSR count). The average Bonchev–Trinajstić information content (AvgIpc) is 1.62. The smallest absolute Gasteiger partial charge is 0.303 e. The molecule has 12 aromatic rings. The lowest BCUT2D eigenvalue weighted by molar-refractivity contribution is -0.138. The zero-order chi connectivity index (χ0) is 105. The second-order valence-electron chi connectivity index (χ2n) is 41.7. The first-order chi connectivity index (χ1) is 70.8. The first kappa shape index (κ1) is 110. The van der Waals surface area contributed by atoms with Gasteiger partial charge in [0.05, 0.1) is 77.5 Å². The molecule has 8 saturated heterocycles. The molecular weight excluding hydrogens is 2070 g/mol. The molecule has 0 spiro atoms. The summed E-state index contributed by atoms with van der Waals surface area (Å²) in [5, 5.41) is 56.5. The van der Waals surface area contributed by atoms with Gasteiger partial charge in [0.2, 0.25) is 10.0 Å². The maximum Gasteiger partial charge on any atom is 0.303 e. The molecule has 8 aliphatic heterocycles. The topological polar surface area (TPSA) is 372 Å². The SMILES string of the molecule is Cc1nn(C(C)c2ccc(Cl)cc2Cl)c2nc(N3CCC(N4CCCC4CCC(=O)O)C(C)C3)cnc12.Cc1nn(C(C)c2ccc(Cl)cc2Cl)c2nc(N3CCC(N4CCCC4CCC(=O)O)CC3)cnc12.Cc1nn(C(C)c2ccc(Cl)cc2Cl)c2nc(N3CCC(N4CCCC4CCC(=O)O)CC3C)cnc12.Cc1nn(C(C)c2ccc(Cl)cc2Cl)c2nc(N3CCC(N4CCCC4CCS(N)(=O)=O)C(C)C3)cnc12. The number of aliphatic carboxylic acids is 3. The number of hydrogen-bond donors (Lipinski definition) is 4. The Balaban J connectivity index is 0.000000135. The van der Waals surface area contributed by atoms with E-state index < -0.39 is 27.9 Å². The Hall–Kier alpha value is -9.24. The van der Waals surface area contributed by atoms with Crippen LogP contribution in [0, 0.1) is 39.5 Å². The first-order valence-corrected chi connectivity index (χ1v) is 56.9. The molecule has 14 unspecified atom stereocenters. The maximum absolute atomic E-state index is 11.5. The lowest BCUT2D eigenvalue weighted by Crippen LogP contribution is -2.52. The summed E-state index contributed by atoms with van der Waals surface area (Å²) in [6.45, 7) is 33.2. The molecule has 5 N–H and O–H groups in total.